The molecular weight excluding hydrogens is 152 g/mol. The highest BCUT2D eigenvalue weighted by molar-refractivity contribution is 5.57. The van der Waals surface area contributed by atoms with Gasteiger partial charge < -0.3 is 10.2 Å². The Morgan fingerprint density at radius 3 is 2.67 bits per heavy atom. The maximum Gasteiger partial charge on any atom is 0.127 e. The first-order valence-corrected chi connectivity index (χ1v) is 3.63. The molecule has 1 aromatic rings. The zero-order valence-corrected chi connectivity index (χ0v) is 7.32. The van der Waals surface area contributed by atoms with E-state index in [-0.39, 0.29) is 0 Å². The maximum atomic E-state index is 5.10. The number of hydrogen-bond acceptors (Lipinski definition) is 1. The largest absolute Gasteiger partial charge is 0.498 e. The number of hydrogen-bond donors (Lipinski definition) is 0. The van der Waals surface area contributed by atoms with Crippen molar-refractivity contribution in [2.45, 2.75) is 0 Å². The second-order valence-electron chi connectivity index (χ2n) is 2.43. The zero-order valence-electron chi connectivity index (χ0n) is 7.32. The van der Waals surface area contributed by atoms with Gasteiger partial charge in [-0.15, -0.1) is 0 Å². The molecule has 12 heavy (non-hydrogen) atoms. The quantitative estimate of drug-likeness (QED) is 0.381. The van der Waals surface area contributed by atoms with Gasteiger partial charge in [0.1, 0.15) is 19.5 Å². The average molecular weight is 164 g/mol. The van der Waals surface area contributed by atoms with E-state index in [2.05, 4.69) is 12.1 Å². The lowest BCUT2D eigenvalue weighted by atomic mass is 10.3. The molecule has 0 unspecified atom stereocenters. The maximum absolute atomic E-state index is 5.10. The van der Waals surface area contributed by atoms with Gasteiger partial charge >= 0.3 is 0 Å². The van der Waals surface area contributed by atoms with E-state index in [1.165, 1.54) is 4.68 Å². The molecule has 0 aliphatic carbocycles. The minimum Gasteiger partial charge on any atom is -0.498 e. The van der Waals surface area contributed by atoms with Gasteiger partial charge in [0.25, 0.3) is 0 Å². The van der Waals surface area contributed by atoms with E-state index in [9.17, 15) is 0 Å². The van der Waals surface area contributed by atoms with Crippen molar-refractivity contribution < 1.29 is 9.42 Å². The molecule has 0 aliphatic heterocycles. The summed E-state index contributed by atoms with van der Waals surface area (Å²) in [5, 5.41) is 0. The summed E-state index contributed by atoms with van der Waals surface area (Å²) in [6, 6.07) is 7.55. The van der Waals surface area contributed by atoms with Crippen LogP contribution in [0.3, 0.4) is 0 Å². The Bertz CT molecular complexity index is 284. The first kappa shape index (κ1) is 8.59. The Balaban J connectivity index is 2.89. The number of benzene rings is 1. The molecule has 0 saturated heterocycles. The van der Waals surface area contributed by atoms with E-state index in [0.717, 1.165) is 11.4 Å². The SMILES string of the molecule is C=[N+](C)[N-]c1ccccc1OC. The molecule has 0 heterocycles. The van der Waals surface area contributed by atoms with Crippen LogP contribution in [-0.4, -0.2) is 25.6 Å². The van der Waals surface area contributed by atoms with Crippen molar-refractivity contribution in [1.29, 1.82) is 0 Å². The summed E-state index contributed by atoms with van der Waals surface area (Å²) in [6.45, 7) is 3.62. The normalized spacial score (nSPS) is 9.17. The van der Waals surface area contributed by atoms with Crippen molar-refractivity contribution in [3.8, 4) is 5.75 Å². The third-order valence-corrected chi connectivity index (χ3v) is 1.36. The minimum atomic E-state index is 0.757. The smallest absolute Gasteiger partial charge is 0.127 e. The second-order valence-corrected chi connectivity index (χ2v) is 2.43. The first-order valence-electron chi connectivity index (χ1n) is 3.63. The highest BCUT2D eigenvalue weighted by Crippen LogP contribution is 2.29. The Morgan fingerprint density at radius 2 is 2.08 bits per heavy atom. The highest BCUT2D eigenvalue weighted by Gasteiger charge is 1.92. The Hall–Kier alpha value is -1.51. The van der Waals surface area contributed by atoms with Crippen molar-refractivity contribution >= 4 is 12.4 Å². The lowest BCUT2D eigenvalue weighted by Gasteiger charge is -2.16. The van der Waals surface area contributed by atoms with Crippen LogP contribution in [-0.2, 0) is 0 Å². The Labute approximate surface area is 72.3 Å². The van der Waals surface area contributed by atoms with Gasteiger partial charge in [0, 0.05) is 0 Å². The predicted molar refractivity (Wildman–Crippen MR) is 49.3 cm³/mol. The van der Waals surface area contributed by atoms with Crippen LogP contribution in [0.25, 0.3) is 5.43 Å². The Kier molecular flexibility index (Phi) is 2.69. The topological polar surface area (TPSA) is 26.3 Å². The molecule has 0 amide bonds. The van der Waals surface area contributed by atoms with Gasteiger partial charge in [-0.1, -0.05) is 18.2 Å². The zero-order chi connectivity index (χ0) is 8.97. The van der Waals surface area contributed by atoms with Gasteiger partial charge in [-0.25, -0.2) is 0 Å². The standard InChI is InChI=1S/C9H12N2O/c1-11(2)10-8-6-4-5-7-9(8)12-3/h4-7H,1H2,2-3H3. The summed E-state index contributed by atoms with van der Waals surface area (Å²) >= 11 is 0. The summed E-state index contributed by atoms with van der Waals surface area (Å²) in [5.41, 5.74) is 4.92. The van der Waals surface area contributed by atoms with E-state index >= 15 is 0 Å². The van der Waals surface area contributed by atoms with Crippen LogP contribution >= 0.6 is 0 Å². The summed E-state index contributed by atoms with van der Waals surface area (Å²) in [6.07, 6.45) is 0. The van der Waals surface area contributed by atoms with Crippen LogP contribution in [0.4, 0.5) is 5.69 Å². The number of methoxy groups -OCH3 is 1. The molecule has 1 rings (SSSR count). The Morgan fingerprint density at radius 1 is 1.42 bits per heavy atom. The minimum absolute atomic E-state index is 0.757. The first-order chi connectivity index (χ1) is 5.74. The van der Waals surface area contributed by atoms with Gasteiger partial charge in [0.15, 0.2) is 0 Å². The molecule has 0 spiro atoms. The van der Waals surface area contributed by atoms with Crippen molar-refractivity contribution in [3.05, 3.63) is 29.7 Å². The van der Waals surface area contributed by atoms with Crippen LogP contribution in [0.2, 0.25) is 0 Å². The van der Waals surface area contributed by atoms with Gasteiger partial charge in [-0.05, 0) is 11.8 Å². The second kappa shape index (κ2) is 3.76. The lowest BCUT2D eigenvalue weighted by Crippen LogP contribution is -1.92. The molecule has 0 bridgehead atoms. The van der Waals surface area contributed by atoms with Crippen LogP contribution in [0, 0.1) is 0 Å². The number of ether oxygens (including phenoxy) is 1. The molecule has 0 radical (unpaired) electrons. The van der Waals surface area contributed by atoms with Crippen molar-refractivity contribution in [3.63, 3.8) is 0 Å². The molecule has 0 aromatic heterocycles. The number of rotatable bonds is 3. The van der Waals surface area contributed by atoms with E-state index < -0.39 is 0 Å². The van der Waals surface area contributed by atoms with Crippen LogP contribution in [0.5, 0.6) is 5.75 Å². The average Bonchev–Trinajstić information content (AvgIpc) is 2.04. The third-order valence-electron chi connectivity index (χ3n) is 1.36. The van der Waals surface area contributed by atoms with Crippen LogP contribution in [0.1, 0.15) is 0 Å². The fourth-order valence-electron chi connectivity index (χ4n) is 0.896. The molecule has 0 aliphatic rings. The summed E-state index contributed by atoms with van der Waals surface area (Å²) in [4.78, 5) is 0. The van der Waals surface area contributed by atoms with Crippen molar-refractivity contribution in [2.24, 2.45) is 0 Å². The monoisotopic (exact) mass is 164 g/mol. The molecule has 0 saturated carbocycles. The molecule has 1 aromatic carbocycles. The lowest BCUT2D eigenvalue weighted by molar-refractivity contribution is -0.428. The molecule has 3 heteroatoms. The predicted octanol–water partition coefficient (Wildman–Crippen LogP) is 1.96. The van der Waals surface area contributed by atoms with Gasteiger partial charge in [-0.3, -0.25) is 4.68 Å². The third kappa shape index (κ3) is 1.99. The van der Waals surface area contributed by atoms with E-state index in [1.807, 2.05) is 24.3 Å². The van der Waals surface area contributed by atoms with Crippen molar-refractivity contribution in [1.82, 2.24) is 0 Å². The molecule has 3 nitrogen and oxygen atoms in total. The molecule has 64 valence electrons. The van der Waals surface area contributed by atoms with E-state index in [0.29, 0.717) is 0 Å². The van der Waals surface area contributed by atoms with Crippen LogP contribution < -0.4 is 4.74 Å². The summed E-state index contributed by atoms with van der Waals surface area (Å²) < 4.78 is 6.60. The number of para-hydroxylation sites is 1. The molecule has 0 fully saturated rings. The summed E-state index contributed by atoms with van der Waals surface area (Å²) in [5.74, 6) is 0.757. The van der Waals surface area contributed by atoms with E-state index in [1.54, 1.807) is 14.2 Å². The highest BCUT2D eigenvalue weighted by atomic mass is 16.5. The summed E-state index contributed by atoms with van der Waals surface area (Å²) in [7, 11) is 3.39. The molecule has 0 N–H and O–H groups in total. The fraction of sp³-hybridized carbons (Fsp3) is 0.222. The van der Waals surface area contributed by atoms with Crippen molar-refractivity contribution in [2.75, 3.05) is 14.2 Å². The van der Waals surface area contributed by atoms with Crippen LogP contribution in [0.15, 0.2) is 24.3 Å². The van der Waals surface area contributed by atoms with E-state index in [4.69, 9.17) is 4.74 Å². The molecule has 0 atom stereocenters. The van der Waals surface area contributed by atoms with Gasteiger partial charge in [0.2, 0.25) is 0 Å². The fourth-order valence-corrected chi connectivity index (χ4v) is 0.896. The molecular formula is C9H12N2O. The van der Waals surface area contributed by atoms with Gasteiger partial charge in [-0.2, -0.15) is 0 Å². The number of nitrogens with zero attached hydrogens (tertiary/aromatic N) is 2. The van der Waals surface area contributed by atoms with Gasteiger partial charge in [0.05, 0.1) is 7.11 Å².